The van der Waals surface area contributed by atoms with E-state index in [4.69, 9.17) is 20.2 Å². The molecule has 0 unspecified atom stereocenters. The van der Waals surface area contributed by atoms with Gasteiger partial charge in [-0.2, -0.15) is 0 Å². The van der Waals surface area contributed by atoms with E-state index >= 15 is 0 Å². The maximum Gasteiger partial charge on any atom is 0.146 e. The number of hydrogen-bond acceptors (Lipinski definition) is 7. The highest BCUT2D eigenvalue weighted by molar-refractivity contribution is 6.00. The fourth-order valence-electron chi connectivity index (χ4n) is 6.63. The Morgan fingerprint density at radius 1 is 1.03 bits per heavy atom. The molecule has 4 heterocycles. The molecule has 2 saturated heterocycles. The molecule has 0 amide bonds. The molecule has 204 valence electrons. The second-order valence-electron chi connectivity index (χ2n) is 12.1. The third-order valence-electron chi connectivity index (χ3n) is 8.89. The lowest BCUT2D eigenvalue weighted by molar-refractivity contribution is -0.0326. The summed E-state index contributed by atoms with van der Waals surface area (Å²) >= 11 is 0. The van der Waals surface area contributed by atoms with Gasteiger partial charge in [0, 0.05) is 50.0 Å². The number of hydrogen-bond donors (Lipinski definition) is 1. The van der Waals surface area contributed by atoms with Crippen LogP contribution in [0.5, 0.6) is 5.75 Å². The molecule has 8 heteroatoms. The van der Waals surface area contributed by atoms with Gasteiger partial charge in [0.1, 0.15) is 30.1 Å². The SMILES string of the molecule is CN1CCN([C@H]2CC[C@H](n3cc(-c4cccc(OC[C@H]5CCC(C)(C)O5)c4)c4c(N)ncnc43)CC2)CC1. The van der Waals surface area contributed by atoms with Crippen LogP contribution in [0.4, 0.5) is 5.82 Å². The molecular weight excluding hydrogens is 476 g/mol. The number of likely N-dealkylation sites (N-methyl/N-ethyl adjacent to an activating group) is 1. The van der Waals surface area contributed by atoms with E-state index in [2.05, 4.69) is 64.6 Å². The maximum absolute atomic E-state index is 6.45. The van der Waals surface area contributed by atoms with E-state index in [1.165, 1.54) is 39.0 Å². The molecule has 2 aliphatic heterocycles. The van der Waals surface area contributed by atoms with Gasteiger partial charge in [0.25, 0.3) is 0 Å². The third kappa shape index (κ3) is 5.26. The van der Waals surface area contributed by atoms with Crippen molar-refractivity contribution in [3.63, 3.8) is 0 Å². The predicted molar refractivity (Wildman–Crippen MR) is 151 cm³/mol. The van der Waals surface area contributed by atoms with Gasteiger partial charge >= 0.3 is 0 Å². The van der Waals surface area contributed by atoms with E-state index in [0.29, 0.717) is 24.5 Å². The van der Waals surface area contributed by atoms with Crippen molar-refractivity contribution in [3.05, 3.63) is 36.8 Å². The van der Waals surface area contributed by atoms with E-state index in [-0.39, 0.29) is 11.7 Å². The molecule has 1 aromatic carbocycles. The molecular formula is C30H42N6O2. The number of rotatable bonds is 6. The standard InChI is InChI=1S/C30H42N6O2/c1-30(2)12-11-25(38-30)19-37-24-6-4-5-21(17-24)26-18-36(29-27(26)28(31)32-20-33-29)23-9-7-22(8-10-23)35-15-13-34(3)14-16-35/h4-6,17-18,20,22-23,25H,7-16,19H2,1-3H3,(H2,31,32,33)/t22-,23-,25-/m1/s1. The normalized spacial score (nSPS) is 26.7. The highest BCUT2D eigenvalue weighted by Gasteiger charge is 2.32. The van der Waals surface area contributed by atoms with Crippen molar-refractivity contribution >= 4 is 16.9 Å². The summed E-state index contributed by atoms with van der Waals surface area (Å²) in [6.45, 7) is 9.59. The van der Waals surface area contributed by atoms with Crippen molar-refractivity contribution in [2.45, 2.75) is 76.2 Å². The minimum atomic E-state index is -0.0567. The smallest absolute Gasteiger partial charge is 0.146 e. The lowest BCUT2D eigenvalue weighted by atomic mass is 9.89. The van der Waals surface area contributed by atoms with Crippen LogP contribution < -0.4 is 10.5 Å². The molecule has 1 saturated carbocycles. The Labute approximate surface area is 226 Å². The summed E-state index contributed by atoms with van der Waals surface area (Å²) in [7, 11) is 2.23. The predicted octanol–water partition coefficient (Wildman–Crippen LogP) is 4.75. The molecule has 0 spiro atoms. The van der Waals surface area contributed by atoms with Crippen LogP contribution in [0.3, 0.4) is 0 Å². The van der Waals surface area contributed by atoms with Crippen molar-refractivity contribution in [2.75, 3.05) is 45.6 Å². The zero-order valence-electron chi connectivity index (χ0n) is 23.1. The van der Waals surface area contributed by atoms with Gasteiger partial charge in [0.05, 0.1) is 17.1 Å². The minimum absolute atomic E-state index is 0.0567. The van der Waals surface area contributed by atoms with Gasteiger partial charge in [-0.05, 0) is 77.1 Å². The minimum Gasteiger partial charge on any atom is -0.491 e. The highest BCUT2D eigenvalue weighted by atomic mass is 16.6. The monoisotopic (exact) mass is 518 g/mol. The molecule has 0 radical (unpaired) electrons. The van der Waals surface area contributed by atoms with Crippen LogP contribution in [0, 0.1) is 0 Å². The number of ether oxygens (including phenoxy) is 2. The zero-order chi connectivity index (χ0) is 26.3. The number of nitrogen functional groups attached to an aromatic ring is 1. The van der Waals surface area contributed by atoms with Crippen LogP contribution in [0.1, 0.15) is 58.4 Å². The van der Waals surface area contributed by atoms with Crippen molar-refractivity contribution in [2.24, 2.45) is 0 Å². The summed E-state index contributed by atoms with van der Waals surface area (Å²) in [5.74, 6) is 1.38. The molecule has 2 aromatic heterocycles. The Hall–Kier alpha value is -2.68. The summed E-state index contributed by atoms with van der Waals surface area (Å²) in [5.41, 5.74) is 9.47. The average molecular weight is 519 g/mol. The second-order valence-corrected chi connectivity index (χ2v) is 12.1. The zero-order valence-corrected chi connectivity index (χ0v) is 23.1. The number of benzene rings is 1. The van der Waals surface area contributed by atoms with Gasteiger partial charge in [-0.3, -0.25) is 4.90 Å². The summed E-state index contributed by atoms with van der Waals surface area (Å²) in [6.07, 6.45) is 10.9. The van der Waals surface area contributed by atoms with Gasteiger partial charge in [-0.1, -0.05) is 12.1 Å². The van der Waals surface area contributed by atoms with E-state index in [1.807, 2.05) is 6.07 Å². The summed E-state index contributed by atoms with van der Waals surface area (Å²) in [5, 5.41) is 0.937. The first-order valence-corrected chi connectivity index (χ1v) is 14.3. The molecule has 6 rings (SSSR count). The van der Waals surface area contributed by atoms with Crippen LogP contribution in [-0.2, 0) is 4.74 Å². The first kappa shape index (κ1) is 25.6. The quantitative estimate of drug-likeness (QED) is 0.504. The molecule has 38 heavy (non-hydrogen) atoms. The molecule has 2 N–H and O–H groups in total. The van der Waals surface area contributed by atoms with Gasteiger partial charge in [0.15, 0.2) is 0 Å². The number of nitrogens with two attached hydrogens (primary N) is 1. The van der Waals surface area contributed by atoms with Crippen LogP contribution in [0.25, 0.3) is 22.2 Å². The third-order valence-corrected chi connectivity index (χ3v) is 8.89. The molecule has 8 nitrogen and oxygen atoms in total. The van der Waals surface area contributed by atoms with Crippen molar-refractivity contribution in [1.29, 1.82) is 0 Å². The Morgan fingerprint density at radius 2 is 1.79 bits per heavy atom. The second kappa shape index (κ2) is 10.5. The lowest BCUT2D eigenvalue weighted by Crippen LogP contribution is -2.49. The largest absolute Gasteiger partial charge is 0.491 e. The molecule has 3 aromatic rings. The fourth-order valence-corrected chi connectivity index (χ4v) is 6.63. The van der Waals surface area contributed by atoms with Gasteiger partial charge in [-0.25, -0.2) is 9.97 Å². The summed E-state index contributed by atoms with van der Waals surface area (Å²) in [6, 6.07) is 9.42. The van der Waals surface area contributed by atoms with Gasteiger partial charge in [0.2, 0.25) is 0 Å². The first-order valence-electron chi connectivity index (χ1n) is 14.3. The van der Waals surface area contributed by atoms with Crippen LogP contribution >= 0.6 is 0 Å². The lowest BCUT2D eigenvalue weighted by Gasteiger charge is -2.41. The number of anilines is 1. The Morgan fingerprint density at radius 3 is 2.53 bits per heavy atom. The average Bonchev–Trinajstić information content (AvgIpc) is 3.49. The molecule has 1 atom stereocenters. The number of nitrogens with zero attached hydrogens (tertiary/aromatic N) is 5. The van der Waals surface area contributed by atoms with Crippen molar-refractivity contribution in [1.82, 2.24) is 24.3 Å². The number of piperazine rings is 1. The molecule has 3 fully saturated rings. The molecule has 0 bridgehead atoms. The fraction of sp³-hybridized carbons (Fsp3) is 0.600. The highest BCUT2D eigenvalue weighted by Crippen LogP contribution is 2.39. The Balaban J connectivity index is 1.21. The van der Waals surface area contributed by atoms with Crippen LogP contribution in [0.2, 0.25) is 0 Å². The number of aromatic nitrogens is 3. The van der Waals surface area contributed by atoms with E-state index in [1.54, 1.807) is 6.33 Å². The van der Waals surface area contributed by atoms with Gasteiger partial charge in [-0.15, -0.1) is 0 Å². The summed E-state index contributed by atoms with van der Waals surface area (Å²) < 4.78 is 14.7. The van der Waals surface area contributed by atoms with Gasteiger partial charge < -0.3 is 24.7 Å². The first-order chi connectivity index (χ1) is 18.4. The topological polar surface area (TPSA) is 81.7 Å². The number of fused-ring (bicyclic) bond motifs is 1. The van der Waals surface area contributed by atoms with E-state index in [0.717, 1.165) is 53.6 Å². The molecule has 1 aliphatic carbocycles. The van der Waals surface area contributed by atoms with Crippen LogP contribution in [-0.4, -0.2) is 81.9 Å². The van der Waals surface area contributed by atoms with E-state index in [9.17, 15) is 0 Å². The maximum atomic E-state index is 6.45. The summed E-state index contributed by atoms with van der Waals surface area (Å²) in [4.78, 5) is 14.2. The van der Waals surface area contributed by atoms with Crippen molar-refractivity contribution < 1.29 is 9.47 Å². The van der Waals surface area contributed by atoms with Crippen LogP contribution in [0.15, 0.2) is 36.8 Å². The Kier molecular flexibility index (Phi) is 7.05. The Bertz CT molecular complexity index is 1260. The van der Waals surface area contributed by atoms with E-state index < -0.39 is 0 Å². The molecule has 3 aliphatic rings. The van der Waals surface area contributed by atoms with Crippen molar-refractivity contribution in [3.8, 4) is 16.9 Å².